The van der Waals surface area contributed by atoms with E-state index in [1.165, 1.54) is 23.5 Å². The standard InChI is InChI=1S/C26H33F3N4O4S/c1-37-16-24-30-14-22(38-24)25(35)10-7-20(8-11-25)33-12-9-19(15-33)31-23(34)6-5-21(32-36)17-3-2-4-18(13-17)26(27,28)29/h2-4,13-14,19-20,35-36H,5-12,15-16H2,1H3,(H,31,34)/b32-21+/t19-,20?,25?/m1/s1. The van der Waals surface area contributed by atoms with Gasteiger partial charge < -0.3 is 20.4 Å². The van der Waals surface area contributed by atoms with Gasteiger partial charge in [-0.2, -0.15) is 13.2 Å². The molecule has 0 radical (unpaired) electrons. The fourth-order valence-corrected chi connectivity index (χ4v) is 6.34. The molecule has 2 heterocycles. The SMILES string of the molecule is COCc1ncc(C2(O)CCC(N3CC[C@@H](NC(=O)CC/C(=N\O)c4cccc(C(F)(F)F)c4)C3)CC2)s1. The third kappa shape index (κ3) is 6.90. The highest BCUT2D eigenvalue weighted by Crippen LogP contribution is 2.41. The molecule has 4 rings (SSSR count). The molecular formula is C26H33F3N4O4S. The van der Waals surface area contributed by atoms with Crippen LogP contribution in [0.1, 0.15) is 66.0 Å². The van der Waals surface area contributed by atoms with Gasteiger partial charge in [0.1, 0.15) is 10.6 Å². The molecule has 8 nitrogen and oxygen atoms in total. The Balaban J connectivity index is 1.23. The minimum Gasteiger partial charge on any atom is -0.411 e. The number of ether oxygens (including phenoxy) is 1. The smallest absolute Gasteiger partial charge is 0.411 e. The van der Waals surface area contributed by atoms with E-state index in [-0.39, 0.29) is 36.1 Å². The monoisotopic (exact) mass is 554 g/mol. The van der Waals surface area contributed by atoms with Gasteiger partial charge in [0.05, 0.1) is 22.8 Å². The average Bonchev–Trinajstić information content (AvgIpc) is 3.55. The van der Waals surface area contributed by atoms with Crippen molar-refractivity contribution in [2.75, 3.05) is 20.2 Å². The summed E-state index contributed by atoms with van der Waals surface area (Å²) in [6.07, 6.45) is 1.07. The summed E-state index contributed by atoms with van der Waals surface area (Å²) in [5.41, 5.74) is -1.54. The second kappa shape index (κ2) is 12.1. The highest BCUT2D eigenvalue weighted by atomic mass is 32.1. The number of nitrogens with zero attached hydrogens (tertiary/aromatic N) is 3. The summed E-state index contributed by atoms with van der Waals surface area (Å²) in [4.78, 5) is 20.1. The van der Waals surface area contributed by atoms with Crippen LogP contribution < -0.4 is 5.32 Å². The van der Waals surface area contributed by atoms with Crippen molar-refractivity contribution >= 4 is 23.0 Å². The van der Waals surface area contributed by atoms with E-state index in [4.69, 9.17) is 4.74 Å². The molecule has 1 aliphatic carbocycles. The third-order valence-electron chi connectivity index (χ3n) is 7.40. The maximum Gasteiger partial charge on any atom is 0.416 e. The first-order valence-corrected chi connectivity index (χ1v) is 13.5. The molecule has 1 saturated carbocycles. The number of halogens is 3. The molecule has 1 saturated heterocycles. The van der Waals surface area contributed by atoms with Crippen molar-refractivity contribution in [1.82, 2.24) is 15.2 Å². The summed E-state index contributed by atoms with van der Waals surface area (Å²) in [5, 5.41) is 27.5. The number of alkyl halides is 3. The topological polar surface area (TPSA) is 107 Å². The van der Waals surface area contributed by atoms with Crippen LogP contribution in [0.5, 0.6) is 0 Å². The number of carbonyl (C=O) groups excluding carboxylic acids is 1. The van der Waals surface area contributed by atoms with Crippen LogP contribution in [0.3, 0.4) is 0 Å². The number of amides is 1. The van der Waals surface area contributed by atoms with Crippen molar-refractivity contribution in [3.8, 4) is 0 Å². The van der Waals surface area contributed by atoms with Crippen molar-refractivity contribution in [2.24, 2.45) is 5.16 Å². The van der Waals surface area contributed by atoms with Crippen LogP contribution in [0.4, 0.5) is 13.2 Å². The number of carbonyl (C=O) groups is 1. The summed E-state index contributed by atoms with van der Waals surface area (Å²) in [6, 6.07) is 4.85. The van der Waals surface area contributed by atoms with Crippen molar-refractivity contribution < 1.29 is 33.0 Å². The molecule has 1 aromatic carbocycles. The van der Waals surface area contributed by atoms with Gasteiger partial charge in [-0.05, 0) is 49.8 Å². The number of likely N-dealkylation sites (tertiary alicyclic amines) is 1. The first kappa shape index (κ1) is 28.5. The summed E-state index contributed by atoms with van der Waals surface area (Å²) >= 11 is 1.49. The predicted molar refractivity (Wildman–Crippen MR) is 136 cm³/mol. The van der Waals surface area contributed by atoms with Crippen LogP contribution in [0.15, 0.2) is 35.6 Å². The van der Waals surface area contributed by atoms with Crippen molar-refractivity contribution in [3.63, 3.8) is 0 Å². The molecule has 3 N–H and O–H groups in total. The number of oxime groups is 1. The molecule has 1 atom stereocenters. The molecule has 0 spiro atoms. The van der Waals surface area contributed by atoms with Crippen LogP contribution >= 0.6 is 11.3 Å². The maximum absolute atomic E-state index is 13.0. The number of aromatic nitrogens is 1. The Morgan fingerprint density at radius 2 is 2.05 bits per heavy atom. The molecular weight excluding hydrogens is 521 g/mol. The van der Waals surface area contributed by atoms with Gasteiger partial charge in [0.25, 0.3) is 0 Å². The van der Waals surface area contributed by atoms with Gasteiger partial charge >= 0.3 is 6.18 Å². The Hall–Kier alpha value is -2.54. The fourth-order valence-electron chi connectivity index (χ4n) is 5.30. The minimum absolute atomic E-state index is 0.00249. The van der Waals surface area contributed by atoms with Gasteiger partial charge in [-0.15, -0.1) is 11.3 Å². The van der Waals surface area contributed by atoms with E-state index in [0.29, 0.717) is 32.0 Å². The van der Waals surface area contributed by atoms with Crippen LogP contribution in [0, 0.1) is 0 Å². The van der Waals surface area contributed by atoms with E-state index in [0.717, 1.165) is 47.8 Å². The minimum atomic E-state index is -4.51. The van der Waals surface area contributed by atoms with Crippen LogP contribution in [0.25, 0.3) is 0 Å². The highest BCUT2D eigenvalue weighted by molar-refractivity contribution is 7.11. The summed E-state index contributed by atoms with van der Waals surface area (Å²) in [5.74, 6) is -0.236. The summed E-state index contributed by atoms with van der Waals surface area (Å²) in [7, 11) is 1.62. The number of rotatable bonds is 9. The molecule has 1 aromatic heterocycles. The Bertz CT molecular complexity index is 1130. The van der Waals surface area contributed by atoms with Gasteiger partial charge in [-0.1, -0.05) is 17.3 Å². The first-order valence-electron chi connectivity index (χ1n) is 12.7. The lowest BCUT2D eigenvalue weighted by atomic mass is 9.81. The zero-order chi connectivity index (χ0) is 27.3. The molecule has 0 unspecified atom stereocenters. The summed E-state index contributed by atoms with van der Waals surface area (Å²) in [6.45, 7) is 1.99. The first-order chi connectivity index (χ1) is 18.1. The maximum atomic E-state index is 13.0. The van der Waals surface area contributed by atoms with Gasteiger partial charge in [-0.3, -0.25) is 9.69 Å². The molecule has 12 heteroatoms. The number of nitrogens with one attached hydrogen (secondary N) is 1. The molecule has 2 aromatic rings. The van der Waals surface area contributed by atoms with E-state index >= 15 is 0 Å². The second-order valence-electron chi connectivity index (χ2n) is 9.99. The number of aliphatic hydroxyl groups is 1. The molecule has 0 bridgehead atoms. The zero-order valence-electron chi connectivity index (χ0n) is 21.2. The van der Waals surface area contributed by atoms with Gasteiger partial charge in [0, 0.05) is 51.3 Å². The van der Waals surface area contributed by atoms with Crippen molar-refractivity contribution in [3.05, 3.63) is 51.5 Å². The van der Waals surface area contributed by atoms with E-state index in [1.807, 2.05) is 0 Å². The highest BCUT2D eigenvalue weighted by Gasteiger charge is 2.39. The van der Waals surface area contributed by atoms with Gasteiger partial charge in [0.2, 0.25) is 5.91 Å². The lowest BCUT2D eigenvalue weighted by Gasteiger charge is -2.39. The number of benzene rings is 1. The number of thiazole rings is 1. The normalized spacial score (nSPS) is 25.0. The molecule has 208 valence electrons. The van der Waals surface area contributed by atoms with Crippen molar-refractivity contribution in [2.45, 2.75) is 75.4 Å². The molecule has 2 fully saturated rings. The Morgan fingerprint density at radius 1 is 1.29 bits per heavy atom. The molecule has 1 amide bonds. The number of hydrogen-bond donors (Lipinski definition) is 3. The predicted octanol–water partition coefficient (Wildman–Crippen LogP) is 4.29. The van der Waals surface area contributed by atoms with Crippen molar-refractivity contribution in [1.29, 1.82) is 0 Å². The van der Waals surface area contributed by atoms with Crippen LogP contribution in [-0.2, 0) is 27.9 Å². The van der Waals surface area contributed by atoms with Gasteiger partial charge in [-0.25, -0.2) is 4.98 Å². The van der Waals surface area contributed by atoms with Gasteiger partial charge in [0.15, 0.2) is 0 Å². The zero-order valence-corrected chi connectivity index (χ0v) is 22.0. The number of methoxy groups -OCH3 is 1. The fraction of sp³-hybridized carbons (Fsp3) is 0.577. The Kier molecular flexibility index (Phi) is 9.07. The Labute approximate surface area is 223 Å². The summed E-state index contributed by atoms with van der Waals surface area (Å²) < 4.78 is 44.1. The molecule has 38 heavy (non-hydrogen) atoms. The largest absolute Gasteiger partial charge is 0.416 e. The van der Waals surface area contributed by atoms with E-state index < -0.39 is 17.3 Å². The lowest BCUT2D eigenvalue weighted by molar-refractivity contribution is -0.137. The van der Waals surface area contributed by atoms with E-state index in [2.05, 4.69) is 20.4 Å². The Morgan fingerprint density at radius 3 is 2.74 bits per heavy atom. The average molecular weight is 555 g/mol. The van der Waals surface area contributed by atoms with Crippen LogP contribution in [0.2, 0.25) is 0 Å². The molecule has 1 aliphatic heterocycles. The lowest BCUT2D eigenvalue weighted by Crippen LogP contribution is -2.43. The van der Waals surface area contributed by atoms with E-state index in [9.17, 15) is 28.3 Å². The second-order valence-corrected chi connectivity index (χ2v) is 11.1. The molecule has 2 aliphatic rings. The van der Waals surface area contributed by atoms with Crippen LogP contribution in [-0.4, -0.2) is 64.1 Å². The number of hydrogen-bond acceptors (Lipinski definition) is 8. The third-order valence-corrected chi connectivity index (χ3v) is 8.56. The van der Waals surface area contributed by atoms with E-state index in [1.54, 1.807) is 13.3 Å². The quantitative estimate of drug-likeness (QED) is 0.243.